The maximum Gasteiger partial charge on any atom is 0.269 e. The van der Waals surface area contributed by atoms with E-state index >= 15 is 0 Å². The standard InChI is InChI=1S/C15H19ClN2O2/c1-10-7-8-12(9-13(10)16)15(20)18-17-14(19)11-5-3-2-4-6-11/h7-9,11H,2-6H2,1H3,(H,17,19)(H,18,20). The summed E-state index contributed by atoms with van der Waals surface area (Å²) in [6, 6.07) is 5.06. The summed E-state index contributed by atoms with van der Waals surface area (Å²) in [6.45, 7) is 1.87. The van der Waals surface area contributed by atoms with Crippen LogP contribution in [0.5, 0.6) is 0 Å². The predicted octanol–water partition coefficient (Wildman–Crippen LogP) is 2.99. The van der Waals surface area contributed by atoms with E-state index in [2.05, 4.69) is 10.9 Å². The Bertz CT molecular complexity index is 511. The molecule has 1 fully saturated rings. The third kappa shape index (κ3) is 3.73. The van der Waals surface area contributed by atoms with Crippen LogP contribution in [0.25, 0.3) is 0 Å². The van der Waals surface area contributed by atoms with E-state index in [1.165, 1.54) is 6.42 Å². The Morgan fingerprint density at radius 3 is 2.50 bits per heavy atom. The molecule has 0 atom stereocenters. The second-order valence-corrected chi connectivity index (χ2v) is 5.65. The number of amides is 2. The number of hydrogen-bond donors (Lipinski definition) is 2. The fraction of sp³-hybridized carbons (Fsp3) is 0.467. The number of halogens is 1. The average molecular weight is 295 g/mol. The summed E-state index contributed by atoms with van der Waals surface area (Å²) < 4.78 is 0. The molecule has 0 radical (unpaired) electrons. The molecule has 2 N–H and O–H groups in total. The maximum atomic E-state index is 11.9. The van der Waals surface area contributed by atoms with Gasteiger partial charge in [-0.15, -0.1) is 0 Å². The van der Waals surface area contributed by atoms with Crippen molar-refractivity contribution in [3.05, 3.63) is 34.3 Å². The number of hydrogen-bond acceptors (Lipinski definition) is 2. The molecule has 0 saturated heterocycles. The van der Waals surface area contributed by atoms with Gasteiger partial charge in [-0.3, -0.25) is 20.4 Å². The van der Waals surface area contributed by atoms with E-state index in [-0.39, 0.29) is 17.7 Å². The zero-order valence-corrected chi connectivity index (χ0v) is 12.3. The largest absolute Gasteiger partial charge is 0.273 e. The van der Waals surface area contributed by atoms with Crippen LogP contribution >= 0.6 is 11.6 Å². The normalized spacial score (nSPS) is 15.7. The maximum absolute atomic E-state index is 11.9. The third-order valence-electron chi connectivity index (χ3n) is 3.71. The van der Waals surface area contributed by atoms with Crippen LogP contribution in [0.2, 0.25) is 5.02 Å². The van der Waals surface area contributed by atoms with Crippen LogP contribution in [-0.4, -0.2) is 11.8 Å². The molecule has 0 bridgehead atoms. The van der Waals surface area contributed by atoms with Gasteiger partial charge >= 0.3 is 0 Å². The lowest BCUT2D eigenvalue weighted by atomic mass is 9.89. The summed E-state index contributed by atoms with van der Waals surface area (Å²) in [7, 11) is 0. The van der Waals surface area contributed by atoms with Crippen molar-refractivity contribution < 1.29 is 9.59 Å². The summed E-state index contributed by atoms with van der Waals surface area (Å²) in [5, 5.41) is 0.538. The molecule has 108 valence electrons. The van der Waals surface area contributed by atoms with Crippen LogP contribution in [0.1, 0.15) is 48.0 Å². The zero-order chi connectivity index (χ0) is 14.5. The van der Waals surface area contributed by atoms with Gasteiger partial charge in [-0.1, -0.05) is 36.9 Å². The Hall–Kier alpha value is -1.55. The SMILES string of the molecule is Cc1ccc(C(=O)NNC(=O)C2CCCCC2)cc1Cl. The van der Waals surface area contributed by atoms with Gasteiger partial charge in [0.05, 0.1) is 0 Å². The number of hydrazine groups is 1. The van der Waals surface area contributed by atoms with Crippen LogP contribution < -0.4 is 10.9 Å². The summed E-state index contributed by atoms with van der Waals surface area (Å²) in [4.78, 5) is 23.8. The Labute approximate surface area is 123 Å². The Balaban J connectivity index is 1.88. The molecular formula is C15H19ClN2O2. The minimum Gasteiger partial charge on any atom is -0.273 e. The van der Waals surface area contributed by atoms with Gasteiger partial charge in [0.25, 0.3) is 5.91 Å². The van der Waals surface area contributed by atoms with Gasteiger partial charge in [-0.05, 0) is 37.5 Å². The quantitative estimate of drug-likeness (QED) is 0.824. The molecular weight excluding hydrogens is 276 g/mol. The molecule has 1 aromatic rings. The third-order valence-corrected chi connectivity index (χ3v) is 4.12. The highest BCUT2D eigenvalue weighted by Crippen LogP contribution is 2.23. The van der Waals surface area contributed by atoms with Crippen molar-refractivity contribution in [3.8, 4) is 0 Å². The first-order chi connectivity index (χ1) is 9.58. The van der Waals surface area contributed by atoms with Crippen LogP contribution in [0.3, 0.4) is 0 Å². The second kappa shape index (κ2) is 6.75. The molecule has 0 aromatic heterocycles. The molecule has 4 nitrogen and oxygen atoms in total. The van der Waals surface area contributed by atoms with E-state index in [0.717, 1.165) is 31.2 Å². The first kappa shape index (κ1) is 14.9. The van der Waals surface area contributed by atoms with E-state index in [4.69, 9.17) is 11.6 Å². The molecule has 0 heterocycles. The van der Waals surface area contributed by atoms with Gasteiger partial charge < -0.3 is 0 Å². The minimum atomic E-state index is -0.351. The summed E-state index contributed by atoms with van der Waals surface area (Å²) >= 11 is 5.98. The zero-order valence-electron chi connectivity index (χ0n) is 11.5. The van der Waals surface area contributed by atoms with E-state index in [1.54, 1.807) is 18.2 Å². The van der Waals surface area contributed by atoms with Crippen molar-refractivity contribution in [2.75, 3.05) is 0 Å². The van der Waals surface area contributed by atoms with Crippen molar-refractivity contribution in [1.82, 2.24) is 10.9 Å². The van der Waals surface area contributed by atoms with Crippen LogP contribution in [0.4, 0.5) is 0 Å². The summed E-state index contributed by atoms with van der Waals surface area (Å²) in [5.41, 5.74) is 6.30. The lowest BCUT2D eigenvalue weighted by Gasteiger charge is -2.20. The van der Waals surface area contributed by atoms with Gasteiger partial charge in [-0.25, -0.2) is 0 Å². The lowest BCUT2D eigenvalue weighted by molar-refractivity contribution is -0.126. The molecule has 1 saturated carbocycles. The number of rotatable bonds is 2. The molecule has 20 heavy (non-hydrogen) atoms. The van der Waals surface area contributed by atoms with E-state index in [9.17, 15) is 9.59 Å². The number of carbonyl (C=O) groups is 2. The molecule has 0 aliphatic heterocycles. The first-order valence-corrected chi connectivity index (χ1v) is 7.32. The molecule has 1 aromatic carbocycles. The molecule has 1 aliphatic rings. The van der Waals surface area contributed by atoms with Crippen LogP contribution in [0.15, 0.2) is 18.2 Å². The van der Waals surface area contributed by atoms with Gasteiger partial charge in [0.1, 0.15) is 0 Å². The molecule has 2 amide bonds. The molecule has 2 rings (SSSR count). The fourth-order valence-electron chi connectivity index (χ4n) is 2.39. The average Bonchev–Trinajstić information content (AvgIpc) is 2.48. The number of benzene rings is 1. The molecule has 0 spiro atoms. The topological polar surface area (TPSA) is 58.2 Å². The summed E-state index contributed by atoms with van der Waals surface area (Å²) in [5.74, 6) is -0.432. The molecule has 1 aliphatic carbocycles. The highest BCUT2D eigenvalue weighted by Gasteiger charge is 2.21. The first-order valence-electron chi connectivity index (χ1n) is 6.94. The predicted molar refractivity (Wildman–Crippen MR) is 78.4 cm³/mol. The van der Waals surface area contributed by atoms with Crippen molar-refractivity contribution >= 4 is 23.4 Å². The van der Waals surface area contributed by atoms with Crippen LogP contribution in [0, 0.1) is 12.8 Å². The Morgan fingerprint density at radius 2 is 1.85 bits per heavy atom. The minimum absolute atomic E-state index is 0.0191. The van der Waals surface area contributed by atoms with Gasteiger partial charge in [0.15, 0.2) is 0 Å². The molecule has 5 heteroatoms. The van der Waals surface area contributed by atoms with Crippen molar-refractivity contribution in [3.63, 3.8) is 0 Å². The highest BCUT2D eigenvalue weighted by molar-refractivity contribution is 6.31. The van der Waals surface area contributed by atoms with E-state index in [1.807, 2.05) is 6.92 Å². The monoisotopic (exact) mass is 294 g/mol. The number of carbonyl (C=O) groups excluding carboxylic acids is 2. The Kier molecular flexibility index (Phi) is 5.01. The Morgan fingerprint density at radius 1 is 1.15 bits per heavy atom. The van der Waals surface area contributed by atoms with Crippen molar-refractivity contribution in [1.29, 1.82) is 0 Å². The van der Waals surface area contributed by atoms with Gasteiger partial charge in [0.2, 0.25) is 5.91 Å². The highest BCUT2D eigenvalue weighted by atomic mass is 35.5. The van der Waals surface area contributed by atoms with E-state index < -0.39 is 0 Å². The molecule has 0 unspecified atom stereocenters. The smallest absolute Gasteiger partial charge is 0.269 e. The van der Waals surface area contributed by atoms with Crippen molar-refractivity contribution in [2.24, 2.45) is 5.92 Å². The number of nitrogens with one attached hydrogen (secondary N) is 2. The van der Waals surface area contributed by atoms with Gasteiger partial charge in [0, 0.05) is 16.5 Å². The summed E-state index contributed by atoms with van der Waals surface area (Å²) in [6.07, 6.45) is 5.16. The van der Waals surface area contributed by atoms with E-state index in [0.29, 0.717) is 10.6 Å². The lowest BCUT2D eigenvalue weighted by Crippen LogP contribution is -2.44. The fourth-order valence-corrected chi connectivity index (χ4v) is 2.57. The second-order valence-electron chi connectivity index (χ2n) is 5.24. The van der Waals surface area contributed by atoms with Crippen molar-refractivity contribution in [2.45, 2.75) is 39.0 Å². The number of aryl methyl sites for hydroxylation is 1. The van der Waals surface area contributed by atoms with Crippen LogP contribution in [-0.2, 0) is 4.79 Å². The van der Waals surface area contributed by atoms with Gasteiger partial charge in [-0.2, -0.15) is 0 Å².